The topological polar surface area (TPSA) is 20.3 Å². The highest BCUT2D eigenvalue weighted by Gasteiger charge is 2.11. The molecule has 0 radical (unpaired) electrons. The quantitative estimate of drug-likeness (QED) is 0.606. The number of likely N-dealkylation sites (N-methyl/N-ethyl adjacent to an activating group) is 1. The summed E-state index contributed by atoms with van der Waals surface area (Å²) >= 11 is 0. The second-order valence-electron chi connectivity index (χ2n) is 4.74. The Bertz CT molecular complexity index is 720. The van der Waals surface area contributed by atoms with Gasteiger partial charge in [-0.1, -0.05) is 42.7 Å². The second kappa shape index (κ2) is 6.58. The average molecular weight is 275 g/mol. The predicted octanol–water partition coefficient (Wildman–Crippen LogP) is 3.54. The molecule has 0 fully saturated rings. The molecule has 0 aliphatic rings. The van der Waals surface area contributed by atoms with Crippen LogP contribution in [0.4, 0.5) is 5.69 Å². The van der Waals surface area contributed by atoms with Crippen molar-refractivity contribution < 1.29 is 4.79 Å². The fraction of sp³-hybridized carbons (Fsp3) is 0.105. The highest BCUT2D eigenvalue weighted by Crippen LogP contribution is 2.21. The summed E-state index contributed by atoms with van der Waals surface area (Å²) in [6.07, 6.45) is 1.30. The van der Waals surface area contributed by atoms with E-state index in [9.17, 15) is 4.79 Å². The summed E-state index contributed by atoms with van der Waals surface area (Å²) in [4.78, 5) is 13.4. The lowest BCUT2D eigenvalue weighted by molar-refractivity contribution is -0.113. The van der Waals surface area contributed by atoms with Crippen molar-refractivity contribution in [2.45, 2.75) is 6.92 Å². The molecule has 1 amide bonds. The first-order valence-corrected chi connectivity index (χ1v) is 6.69. The molecule has 2 nitrogen and oxygen atoms in total. The average Bonchev–Trinajstić information content (AvgIpc) is 2.53. The Labute approximate surface area is 125 Å². The lowest BCUT2D eigenvalue weighted by Crippen LogP contribution is -2.24. The largest absolute Gasteiger partial charge is 0.311 e. The van der Waals surface area contributed by atoms with Gasteiger partial charge < -0.3 is 4.90 Å². The van der Waals surface area contributed by atoms with Crippen LogP contribution in [0.25, 0.3) is 0 Å². The van der Waals surface area contributed by atoms with E-state index in [1.807, 2.05) is 55.5 Å². The number of aryl methyl sites for hydroxylation is 1. The summed E-state index contributed by atoms with van der Waals surface area (Å²) in [6.45, 7) is 5.52. The number of anilines is 1. The fourth-order valence-corrected chi connectivity index (χ4v) is 1.94. The molecule has 0 unspecified atom stereocenters. The van der Waals surface area contributed by atoms with Crippen LogP contribution in [0.1, 0.15) is 16.7 Å². The van der Waals surface area contributed by atoms with Crippen molar-refractivity contribution in [3.8, 4) is 11.8 Å². The van der Waals surface area contributed by atoms with Crippen molar-refractivity contribution in [3.05, 3.63) is 77.9 Å². The Morgan fingerprint density at radius 2 is 1.86 bits per heavy atom. The molecule has 21 heavy (non-hydrogen) atoms. The standard InChI is InChI=1S/C19H17NO/c1-4-19(21)20(3)18-14-15(2)10-12-17(18)13-11-16-8-6-5-7-9-16/h4-10,12,14H,1H2,2-3H3. The van der Waals surface area contributed by atoms with Crippen molar-refractivity contribution in [1.29, 1.82) is 0 Å². The van der Waals surface area contributed by atoms with Crippen LogP contribution < -0.4 is 4.90 Å². The number of hydrogen-bond acceptors (Lipinski definition) is 1. The maximum absolute atomic E-state index is 11.8. The SMILES string of the molecule is C=CC(=O)N(C)c1cc(C)ccc1C#Cc1ccccc1. The molecule has 0 spiro atoms. The van der Waals surface area contributed by atoms with Crippen LogP contribution >= 0.6 is 0 Å². The van der Waals surface area contributed by atoms with E-state index >= 15 is 0 Å². The van der Waals surface area contributed by atoms with Crippen molar-refractivity contribution >= 4 is 11.6 Å². The number of carbonyl (C=O) groups is 1. The molecule has 0 aliphatic carbocycles. The molecule has 0 atom stereocenters. The predicted molar refractivity (Wildman–Crippen MR) is 87.2 cm³/mol. The molecule has 0 aromatic heterocycles. The zero-order valence-electron chi connectivity index (χ0n) is 12.3. The highest BCUT2D eigenvalue weighted by atomic mass is 16.2. The van der Waals surface area contributed by atoms with Gasteiger partial charge in [-0.05, 0) is 42.8 Å². The molecule has 2 heteroatoms. The van der Waals surface area contributed by atoms with Crippen molar-refractivity contribution in [3.63, 3.8) is 0 Å². The zero-order chi connectivity index (χ0) is 15.2. The second-order valence-corrected chi connectivity index (χ2v) is 4.74. The third-order valence-corrected chi connectivity index (χ3v) is 3.14. The number of nitrogens with zero attached hydrogens (tertiary/aromatic N) is 1. The number of hydrogen-bond donors (Lipinski definition) is 0. The van der Waals surface area contributed by atoms with Crippen LogP contribution in [-0.4, -0.2) is 13.0 Å². The Hall–Kier alpha value is -2.79. The molecule has 104 valence electrons. The van der Waals surface area contributed by atoms with E-state index in [4.69, 9.17) is 0 Å². The van der Waals surface area contributed by atoms with Crippen molar-refractivity contribution in [1.82, 2.24) is 0 Å². The maximum atomic E-state index is 11.8. The van der Waals surface area contributed by atoms with Gasteiger partial charge in [-0.15, -0.1) is 0 Å². The monoisotopic (exact) mass is 275 g/mol. The lowest BCUT2D eigenvalue weighted by atomic mass is 10.1. The van der Waals surface area contributed by atoms with Crippen molar-refractivity contribution in [2.24, 2.45) is 0 Å². The number of amides is 1. The summed E-state index contributed by atoms with van der Waals surface area (Å²) in [5.41, 5.74) is 3.64. The number of rotatable bonds is 2. The first kappa shape index (κ1) is 14.6. The van der Waals surface area contributed by atoms with Crippen LogP contribution in [-0.2, 0) is 4.79 Å². The van der Waals surface area contributed by atoms with Gasteiger partial charge in [-0.2, -0.15) is 0 Å². The maximum Gasteiger partial charge on any atom is 0.250 e. The Morgan fingerprint density at radius 3 is 2.52 bits per heavy atom. The molecule has 0 saturated carbocycles. The molecular formula is C19H17NO. The van der Waals surface area contributed by atoms with Gasteiger partial charge in [0, 0.05) is 18.2 Å². The minimum absolute atomic E-state index is 0.150. The van der Waals surface area contributed by atoms with E-state index in [0.717, 1.165) is 22.4 Å². The highest BCUT2D eigenvalue weighted by molar-refractivity contribution is 6.01. The van der Waals surface area contributed by atoms with Gasteiger partial charge in [0.05, 0.1) is 5.69 Å². The van der Waals surface area contributed by atoms with Crippen LogP contribution in [0.5, 0.6) is 0 Å². The summed E-state index contributed by atoms with van der Waals surface area (Å²) in [5.74, 6) is 6.11. The van der Waals surface area contributed by atoms with Gasteiger partial charge in [0.25, 0.3) is 0 Å². The summed E-state index contributed by atoms with van der Waals surface area (Å²) < 4.78 is 0. The minimum Gasteiger partial charge on any atom is -0.311 e. The Kier molecular flexibility index (Phi) is 4.58. The Balaban J connectivity index is 2.43. The third-order valence-electron chi connectivity index (χ3n) is 3.14. The van der Waals surface area contributed by atoms with Gasteiger partial charge in [-0.25, -0.2) is 0 Å². The summed E-state index contributed by atoms with van der Waals surface area (Å²) in [5, 5.41) is 0. The van der Waals surface area contributed by atoms with Gasteiger partial charge >= 0.3 is 0 Å². The smallest absolute Gasteiger partial charge is 0.250 e. The first-order valence-electron chi connectivity index (χ1n) is 6.69. The summed E-state index contributed by atoms with van der Waals surface area (Å²) in [6, 6.07) is 15.7. The van der Waals surface area contributed by atoms with Crippen LogP contribution in [0.3, 0.4) is 0 Å². The first-order chi connectivity index (χ1) is 10.1. The van der Waals surface area contributed by atoms with E-state index in [2.05, 4.69) is 18.4 Å². The Morgan fingerprint density at radius 1 is 1.14 bits per heavy atom. The normalized spacial score (nSPS) is 9.43. The molecule has 0 N–H and O–H groups in total. The fourth-order valence-electron chi connectivity index (χ4n) is 1.94. The number of benzene rings is 2. The van der Waals surface area contributed by atoms with Gasteiger partial charge in [0.15, 0.2) is 0 Å². The van der Waals surface area contributed by atoms with Crippen molar-refractivity contribution in [2.75, 3.05) is 11.9 Å². The molecule has 2 aromatic carbocycles. The summed E-state index contributed by atoms with van der Waals surface area (Å²) in [7, 11) is 1.73. The number of carbonyl (C=O) groups excluding carboxylic acids is 1. The molecule has 0 heterocycles. The molecular weight excluding hydrogens is 258 g/mol. The molecule has 2 aromatic rings. The van der Waals surface area contributed by atoms with E-state index in [1.54, 1.807) is 11.9 Å². The van der Waals surface area contributed by atoms with E-state index in [-0.39, 0.29) is 5.91 Å². The lowest BCUT2D eigenvalue weighted by Gasteiger charge is -2.17. The molecule has 0 bridgehead atoms. The van der Waals surface area contributed by atoms with Crippen LogP contribution in [0.15, 0.2) is 61.2 Å². The van der Waals surface area contributed by atoms with Gasteiger partial charge in [-0.3, -0.25) is 4.79 Å². The van der Waals surface area contributed by atoms with Crippen LogP contribution in [0.2, 0.25) is 0 Å². The van der Waals surface area contributed by atoms with Crippen LogP contribution in [0, 0.1) is 18.8 Å². The van der Waals surface area contributed by atoms with Gasteiger partial charge in [0.1, 0.15) is 0 Å². The van der Waals surface area contributed by atoms with E-state index < -0.39 is 0 Å². The van der Waals surface area contributed by atoms with E-state index in [0.29, 0.717) is 0 Å². The molecule has 0 saturated heterocycles. The molecule has 2 rings (SSSR count). The molecule has 0 aliphatic heterocycles. The minimum atomic E-state index is -0.150. The zero-order valence-corrected chi connectivity index (χ0v) is 12.3. The van der Waals surface area contributed by atoms with Gasteiger partial charge in [0.2, 0.25) is 5.91 Å². The third kappa shape index (κ3) is 3.61. The van der Waals surface area contributed by atoms with E-state index in [1.165, 1.54) is 6.08 Å².